The van der Waals surface area contributed by atoms with Gasteiger partial charge in [-0.2, -0.15) is 0 Å². The third kappa shape index (κ3) is 3.75. The monoisotopic (exact) mass is 380 g/mol. The Bertz CT molecular complexity index is 672. The van der Waals surface area contributed by atoms with E-state index in [9.17, 15) is 4.79 Å². The molecule has 0 bridgehead atoms. The van der Waals surface area contributed by atoms with Crippen LogP contribution in [0.1, 0.15) is 68.4 Å². The lowest BCUT2D eigenvalue weighted by atomic mass is 9.86. The molecule has 5 rings (SSSR count). The Hall–Kier alpha value is -1.35. The van der Waals surface area contributed by atoms with Crippen LogP contribution >= 0.6 is 0 Å². The number of benzene rings is 1. The topological polar surface area (TPSA) is 23.6 Å². The molecule has 1 amide bonds. The molecule has 0 aromatic heterocycles. The number of hydrogen-bond acceptors (Lipinski definition) is 2. The van der Waals surface area contributed by atoms with Gasteiger partial charge in [0.05, 0.1) is 0 Å². The number of fused-ring (bicyclic) bond motifs is 1. The van der Waals surface area contributed by atoms with E-state index in [1.165, 1.54) is 75.7 Å². The predicted molar refractivity (Wildman–Crippen MR) is 113 cm³/mol. The van der Waals surface area contributed by atoms with Gasteiger partial charge >= 0.3 is 0 Å². The predicted octanol–water partition coefficient (Wildman–Crippen LogP) is 4.47. The van der Waals surface area contributed by atoms with Crippen LogP contribution in [0.5, 0.6) is 0 Å². The molecule has 4 aliphatic rings. The van der Waals surface area contributed by atoms with Gasteiger partial charge in [0.1, 0.15) is 0 Å². The normalized spacial score (nSPS) is 31.0. The second-order valence-electron chi connectivity index (χ2n) is 9.87. The summed E-state index contributed by atoms with van der Waals surface area (Å²) in [6, 6.07) is 9.53. The van der Waals surface area contributed by atoms with E-state index >= 15 is 0 Å². The van der Waals surface area contributed by atoms with E-state index in [2.05, 4.69) is 34.1 Å². The van der Waals surface area contributed by atoms with Gasteiger partial charge in [-0.3, -0.25) is 4.79 Å². The average molecular weight is 381 g/mol. The maximum Gasteiger partial charge on any atom is 0.225 e. The van der Waals surface area contributed by atoms with E-state index in [0.29, 0.717) is 23.7 Å². The first kappa shape index (κ1) is 18.7. The van der Waals surface area contributed by atoms with Crippen molar-refractivity contribution in [2.24, 2.45) is 17.8 Å². The Balaban J connectivity index is 1.19. The number of carbonyl (C=O) groups is 1. The van der Waals surface area contributed by atoms with Gasteiger partial charge in [-0.05, 0) is 86.9 Å². The van der Waals surface area contributed by atoms with E-state index in [1.807, 2.05) is 0 Å². The van der Waals surface area contributed by atoms with Gasteiger partial charge in [0.2, 0.25) is 5.91 Å². The summed E-state index contributed by atoms with van der Waals surface area (Å²) < 4.78 is 0. The van der Waals surface area contributed by atoms with Crippen LogP contribution in [-0.2, 0) is 11.2 Å². The fourth-order valence-corrected chi connectivity index (χ4v) is 6.52. The minimum absolute atomic E-state index is 0.340. The van der Waals surface area contributed by atoms with E-state index in [4.69, 9.17) is 0 Å². The van der Waals surface area contributed by atoms with Crippen molar-refractivity contribution in [1.82, 2.24) is 9.80 Å². The molecule has 2 heterocycles. The zero-order chi connectivity index (χ0) is 18.9. The van der Waals surface area contributed by atoms with E-state index in [0.717, 1.165) is 31.8 Å². The van der Waals surface area contributed by atoms with Crippen molar-refractivity contribution in [2.45, 2.75) is 63.7 Å². The van der Waals surface area contributed by atoms with Gasteiger partial charge in [-0.1, -0.05) is 37.1 Å². The van der Waals surface area contributed by atoms with Crippen molar-refractivity contribution in [2.75, 3.05) is 32.7 Å². The van der Waals surface area contributed by atoms with E-state index in [1.54, 1.807) is 0 Å². The lowest BCUT2D eigenvalue weighted by Crippen LogP contribution is -2.34. The molecule has 152 valence electrons. The molecular weight excluding hydrogens is 344 g/mol. The molecule has 2 saturated carbocycles. The highest BCUT2D eigenvalue weighted by Gasteiger charge is 2.45. The molecule has 3 nitrogen and oxygen atoms in total. The zero-order valence-corrected chi connectivity index (χ0v) is 17.3. The quantitative estimate of drug-likeness (QED) is 0.752. The van der Waals surface area contributed by atoms with Crippen molar-refractivity contribution >= 4 is 5.91 Å². The Morgan fingerprint density at radius 1 is 0.893 bits per heavy atom. The molecule has 0 radical (unpaired) electrons. The number of amides is 1. The molecule has 2 aliphatic carbocycles. The standard InChI is InChI=1S/C25H36N2O/c28-25(21-5-1-2-6-21)27-17-22-11-12-23(24(22)18-27)20-9-7-19(8-10-20)13-16-26-14-3-4-15-26/h7-10,21-24H,1-6,11-18H2. The fourth-order valence-electron chi connectivity index (χ4n) is 6.52. The van der Waals surface area contributed by atoms with Crippen molar-refractivity contribution in [3.05, 3.63) is 35.4 Å². The molecule has 3 heteroatoms. The minimum Gasteiger partial charge on any atom is -0.342 e. The molecular formula is C25H36N2O. The summed E-state index contributed by atoms with van der Waals surface area (Å²) in [5.41, 5.74) is 3.00. The van der Waals surface area contributed by atoms with Crippen LogP contribution in [0.2, 0.25) is 0 Å². The van der Waals surface area contributed by atoms with E-state index in [-0.39, 0.29) is 0 Å². The largest absolute Gasteiger partial charge is 0.342 e. The van der Waals surface area contributed by atoms with Gasteiger partial charge in [-0.15, -0.1) is 0 Å². The lowest BCUT2D eigenvalue weighted by Gasteiger charge is -2.23. The first-order valence-electron chi connectivity index (χ1n) is 11.9. The molecule has 1 aromatic rings. The van der Waals surface area contributed by atoms with Crippen LogP contribution in [0, 0.1) is 17.8 Å². The molecule has 2 aliphatic heterocycles. The highest BCUT2D eigenvalue weighted by Crippen LogP contribution is 2.48. The van der Waals surface area contributed by atoms with Crippen LogP contribution in [0.25, 0.3) is 0 Å². The molecule has 28 heavy (non-hydrogen) atoms. The fraction of sp³-hybridized carbons (Fsp3) is 0.720. The lowest BCUT2D eigenvalue weighted by molar-refractivity contribution is -0.134. The second-order valence-corrected chi connectivity index (χ2v) is 9.87. The highest BCUT2D eigenvalue weighted by atomic mass is 16.2. The van der Waals surface area contributed by atoms with Gasteiger partial charge in [0.25, 0.3) is 0 Å². The number of nitrogens with zero attached hydrogens (tertiary/aromatic N) is 2. The summed E-state index contributed by atoms with van der Waals surface area (Å²) in [6.07, 6.45) is 11.3. The second kappa shape index (κ2) is 8.18. The zero-order valence-electron chi connectivity index (χ0n) is 17.3. The van der Waals surface area contributed by atoms with Crippen molar-refractivity contribution in [3.8, 4) is 0 Å². The Morgan fingerprint density at radius 3 is 2.39 bits per heavy atom. The maximum atomic E-state index is 12.9. The van der Waals surface area contributed by atoms with Gasteiger partial charge in [-0.25, -0.2) is 0 Å². The first-order chi connectivity index (χ1) is 13.8. The Morgan fingerprint density at radius 2 is 1.64 bits per heavy atom. The average Bonchev–Trinajstić information content (AvgIpc) is 3.51. The molecule has 4 fully saturated rings. The molecule has 3 unspecified atom stereocenters. The first-order valence-corrected chi connectivity index (χ1v) is 11.9. The summed E-state index contributed by atoms with van der Waals surface area (Å²) in [5, 5.41) is 0. The van der Waals surface area contributed by atoms with Crippen molar-refractivity contribution < 1.29 is 4.79 Å². The molecule has 1 aromatic carbocycles. The third-order valence-electron chi connectivity index (χ3n) is 8.20. The number of likely N-dealkylation sites (tertiary alicyclic amines) is 2. The summed E-state index contributed by atoms with van der Waals surface area (Å²) in [5.74, 6) is 2.92. The molecule has 0 spiro atoms. The van der Waals surface area contributed by atoms with Gasteiger partial charge in [0, 0.05) is 25.6 Å². The number of rotatable bonds is 5. The summed E-state index contributed by atoms with van der Waals surface area (Å²) in [4.78, 5) is 17.7. The Kier molecular flexibility index (Phi) is 5.45. The van der Waals surface area contributed by atoms with Crippen LogP contribution in [-0.4, -0.2) is 48.4 Å². The molecule has 0 N–H and O–H groups in total. The Labute approximate surface area is 170 Å². The minimum atomic E-state index is 0.340. The maximum absolute atomic E-state index is 12.9. The molecule has 3 atom stereocenters. The van der Waals surface area contributed by atoms with Crippen molar-refractivity contribution in [3.63, 3.8) is 0 Å². The van der Waals surface area contributed by atoms with Crippen molar-refractivity contribution in [1.29, 1.82) is 0 Å². The van der Waals surface area contributed by atoms with Crippen LogP contribution in [0.15, 0.2) is 24.3 Å². The SMILES string of the molecule is O=C(C1CCCC1)N1CC2CCC(c3ccc(CCN4CCCC4)cc3)C2C1. The summed E-state index contributed by atoms with van der Waals surface area (Å²) in [7, 11) is 0. The molecule has 2 saturated heterocycles. The number of hydrogen-bond donors (Lipinski definition) is 0. The van der Waals surface area contributed by atoms with Crippen LogP contribution in [0.4, 0.5) is 0 Å². The summed E-state index contributed by atoms with van der Waals surface area (Å²) in [6.45, 7) is 5.84. The third-order valence-corrected chi connectivity index (χ3v) is 8.20. The van der Waals surface area contributed by atoms with Crippen LogP contribution in [0.3, 0.4) is 0 Å². The smallest absolute Gasteiger partial charge is 0.225 e. The van der Waals surface area contributed by atoms with Crippen LogP contribution < -0.4 is 0 Å². The number of carbonyl (C=O) groups excluding carboxylic acids is 1. The van der Waals surface area contributed by atoms with Gasteiger partial charge < -0.3 is 9.80 Å². The summed E-state index contributed by atoms with van der Waals surface area (Å²) >= 11 is 0. The highest BCUT2D eigenvalue weighted by molar-refractivity contribution is 5.79. The van der Waals surface area contributed by atoms with E-state index < -0.39 is 0 Å². The van der Waals surface area contributed by atoms with Gasteiger partial charge in [0.15, 0.2) is 0 Å².